The lowest BCUT2D eigenvalue weighted by atomic mass is 9.94. The van der Waals surface area contributed by atoms with Gasteiger partial charge >= 0.3 is 0 Å². The fourth-order valence-electron chi connectivity index (χ4n) is 4.29. The number of aliphatic hydroxyl groups is 1. The van der Waals surface area contributed by atoms with Crippen LogP contribution in [-0.2, 0) is 9.59 Å². The Labute approximate surface area is 220 Å². The topological polar surface area (TPSA) is 85.3 Å². The van der Waals surface area contributed by atoms with E-state index in [2.05, 4.69) is 0 Å². The number of carbonyl (C=O) groups excluding carboxylic acids is 2. The van der Waals surface area contributed by atoms with E-state index in [-0.39, 0.29) is 22.3 Å². The Morgan fingerprint density at radius 1 is 1.00 bits per heavy atom. The lowest BCUT2D eigenvalue weighted by Gasteiger charge is -2.26. The minimum Gasteiger partial charge on any atom is -0.507 e. The molecule has 1 heterocycles. The van der Waals surface area contributed by atoms with Crippen LogP contribution in [0.15, 0.2) is 72.3 Å². The highest BCUT2D eigenvalue weighted by molar-refractivity contribution is 6.52. The number of hydrogen-bond donors (Lipinski definition) is 1. The van der Waals surface area contributed by atoms with Crippen LogP contribution in [0, 0.1) is 0 Å². The molecule has 3 aromatic carbocycles. The monoisotopic (exact) mass is 521 g/mol. The average Bonchev–Trinajstić information content (AvgIpc) is 3.14. The van der Waals surface area contributed by atoms with Crippen molar-refractivity contribution >= 4 is 34.7 Å². The maximum Gasteiger partial charge on any atom is 0.300 e. The standard InChI is InChI=1S/C29H28ClNO6/c1-5-36-21-10-7-9-19(15-21)31-26(18-8-6-11-22(14-18)37-17(2)3)25(28(33)29(31)34)27(32)23-16-20(35-4)12-13-24(23)30/h6-17,26,32H,5H2,1-4H3/b27-25+. The maximum absolute atomic E-state index is 13.5. The summed E-state index contributed by atoms with van der Waals surface area (Å²) in [5, 5.41) is 11.7. The Morgan fingerprint density at radius 3 is 2.43 bits per heavy atom. The maximum atomic E-state index is 13.5. The fraction of sp³-hybridized carbons (Fsp3) is 0.241. The van der Waals surface area contributed by atoms with Crippen LogP contribution in [0.1, 0.15) is 37.9 Å². The molecular weight excluding hydrogens is 494 g/mol. The summed E-state index contributed by atoms with van der Waals surface area (Å²) < 4.78 is 16.8. The predicted molar refractivity (Wildman–Crippen MR) is 143 cm³/mol. The van der Waals surface area contributed by atoms with Crippen molar-refractivity contribution in [1.82, 2.24) is 0 Å². The molecule has 1 saturated heterocycles. The van der Waals surface area contributed by atoms with Crippen molar-refractivity contribution < 1.29 is 28.9 Å². The number of ether oxygens (including phenoxy) is 3. The van der Waals surface area contributed by atoms with Gasteiger partial charge in [-0.1, -0.05) is 29.8 Å². The molecule has 37 heavy (non-hydrogen) atoms. The van der Waals surface area contributed by atoms with E-state index in [1.807, 2.05) is 20.8 Å². The molecule has 1 atom stereocenters. The first-order valence-corrected chi connectivity index (χ1v) is 12.3. The first-order chi connectivity index (χ1) is 17.7. The van der Waals surface area contributed by atoms with E-state index in [4.69, 9.17) is 25.8 Å². The molecule has 0 spiro atoms. The zero-order chi connectivity index (χ0) is 26.7. The summed E-state index contributed by atoms with van der Waals surface area (Å²) in [5.74, 6) is -0.457. The number of benzene rings is 3. The van der Waals surface area contributed by atoms with Gasteiger partial charge in [-0.3, -0.25) is 14.5 Å². The molecule has 7 nitrogen and oxygen atoms in total. The lowest BCUT2D eigenvalue weighted by Crippen LogP contribution is -2.29. The number of carbonyl (C=O) groups is 2. The van der Waals surface area contributed by atoms with Crippen LogP contribution in [0.3, 0.4) is 0 Å². The van der Waals surface area contributed by atoms with E-state index in [0.717, 1.165) is 0 Å². The second-order valence-electron chi connectivity index (χ2n) is 8.68. The first kappa shape index (κ1) is 26.1. The SMILES string of the molecule is CCOc1cccc(N2C(=O)C(=O)/C(=C(/O)c3cc(OC)ccc3Cl)C2c2cccc(OC(C)C)c2)c1. The number of ketones is 1. The number of Topliss-reactive ketones (excluding diaryl/α,β-unsaturated/α-hetero) is 1. The highest BCUT2D eigenvalue weighted by Crippen LogP contribution is 2.44. The molecule has 1 unspecified atom stereocenters. The summed E-state index contributed by atoms with van der Waals surface area (Å²) in [4.78, 5) is 28.3. The molecular formula is C29H28ClNO6. The van der Waals surface area contributed by atoms with E-state index >= 15 is 0 Å². The van der Waals surface area contributed by atoms with Gasteiger partial charge in [-0.05, 0) is 68.8 Å². The second kappa shape index (κ2) is 11.0. The number of methoxy groups -OCH3 is 1. The molecule has 1 aliphatic rings. The van der Waals surface area contributed by atoms with Crippen LogP contribution in [0.25, 0.3) is 5.76 Å². The van der Waals surface area contributed by atoms with E-state index in [9.17, 15) is 14.7 Å². The van der Waals surface area contributed by atoms with Gasteiger partial charge in [-0.25, -0.2) is 0 Å². The Bertz CT molecular complexity index is 1370. The Balaban J connectivity index is 1.96. The highest BCUT2D eigenvalue weighted by Gasteiger charge is 2.47. The van der Waals surface area contributed by atoms with Crippen molar-refractivity contribution in [3.05, 3.63) is 88.5 Å². The molecule has 0 aromatic heterocycles. The second-order valence-corrected chi connectivity index (χ2v) is 9.09. The van der Waals surface area contributed by atoms with Crippen molar-refractivity contribution in [3.8, 4) is 17.2 Å². The molecule has 192 valence electrons. The number of nitrogens with zero attached hydrogens (tertiary/aromatic N) is 1. The zero-order valence-electron chi connectivity index (χ0n) is 21.0. The highest BCUT2D eigenvalue weighted by atomic mass is 35.5. The fourth-order valence-corrected chi connectivity index (χ4v) is 4.50. The smallest absolute Gasteiger partial charge is 0.300 e. The molecule has 0 saturated carbocycles. The van der Waals surface area contributed by atoms with Gasteiger partial charge in [0.25, 0.3) is 11.7 Å². The van der Waals surface area contributed by atoms with Gasteiger partial charge in [-0.2, -0.15) is 0 Å². The minimum absolute atomic E-state index is 0.0833. The molecule has 1 amide bonds. The lowest BCUT2D eigenvalue weighted by molar-refractivity contribution is -0.132. The number of halogens is 1. The molecule has 1 aliphatic heterocycles. The van der Waals surface area contributed by atoms with Crippen LogP contribution in [-0.4, -0.2) is 36.6 Å². The van der Waals surface area contributed by atoms with Gasteiger partial charge < -0.3 is 19.3 Å². The summed E-state index contributed by atoms with van der Waals surface area (Å²) in [5.41, 5.74) is 1.12. The van der Waals surface area contributed by atoms with Crippen LogP contribution < -0.4 is 19.1 Å². The first-order valence-electron chi connectivity index (χ1n) is 11.9. The summed E-state index contributed by atoms with van der Waals surface area (Å²) in [6.45, 7) is 6.11. The van der Waals surface area contributed by atoms with Gasteiger partial charge in [0.1, 0.15) is 23.0 Å². The molecule has 0 radical (unpaired) electrons. The van der Waals surface area contributed by atoms with Crippen LogP contribution in [0.4, 0.5) is 5.69 Å². The van der Waals surface area contributed by atoms with Crippen LogP contribution in [0.5, 0.6) is 17.2 Å². The van der Waals surface area contributed by atoms with Gasteiger partial charge in [0.15, 0.2) is 0 Å². The Hall–Kier alpha value is -3.97. The van der Waals surface area contributed by atoms with E-state index < -0.39 is 23.5 Å². The van der Waals surface area contributed by atoms with E-state index in [1.54, 1.807) is 60.7 Å². The molecule has 8 heteroatoms. The zero-order valence-corrected chi connectivity index (χ0v) is 21.8. The third-order valence-electron chi connectivity index (χ3n) is 5.83. The van der Waals surface area contributed by atoms with Crippen LogP contribution in [0.2, 0.25) is 5.02 Å². The molecule has 0 bridgehead atoms. The van der Waals surface area contributed by atoms with Crippen molar-refractivity contribution in [2.24, 2.45) is 0 Å². The number of anilines is 1. The molecule has 0 aliphatic carbocycles. The quantitative estimate of drug-likeness (QED) is 0.217. The number of hydrogen-bond acceptors (Lipinski definition) is 6. The molecule has 3 aromatic rings. The van der Waals surface area contributed by atoms with E-state index in [0.29, 0.717) is 35.1 Å². The Kier molecular flexibility index (Phi) is 7.74. The summed E-state index contributed by atoms with van der Waals surface area (Å²) in [6, 6.07) is 17.8. The van der Waals surface area contributed by atoms with Crippen molar-refractivity contribution in [3.63, 3.8) is 0 Å². The summed E-state index contributed by atoms with van der Waals surface area (Å²) in [7, 11) is 1.48. The third kappa shape index (κ3) is 5.27. The van der Waals surface area contributed by atoms with E-state index in [1.165, 1.54) is 18.1 Å². The molecule has 1 N–H and O–H groups in total. The number of rotatable bonds is 8. The van der Waals surface area contributed by atoms with Gasteiger partial charge in [0.05, 0.1) is 36.5 Å². The summed E-state index contributed by atoms with van der Waals surface area (Å²) in [6.07, 6.45) is -0.0833. The average molecular weight is 522 g/mol. The summed E-state index contributed by atoms with van der Waals surface area (Å²) >= 11 is 6.40. The van der Waals surface area contributed by atoms with Crippen molar-refractivity contribution in [2.75, 3.05) is 18.6 Å². The largest absolute Gasteiger partial charge is 0.507 e. The number of aliphatic hydroxyl groups excluding tert-OH is 1. The van der Waals surface area contributed by atoms with Crippen molar-refractivity contribution in [1.29, 1.82) is 0 Å². The molecule has 1 fully saturated rings. The predicted octanol–water partition coefficient (Wildman–Crippen LogP) is 6.16. The minimum atomic E-state index is -0.949. The normalized spacial score (nSPS) is 16.8. The van der Waals surface area contributed by atoms with Gasteiger partial charge in [-0.15, -0.1) is 0 Å². The third-order valence-corrected chi connectivity index (χ3v) is 6.16. The number of amides is 1. The van der Waals surface area contributed by atoms with Gasteiger partial charge in [0, 0.05) is 17.3 Å². The molecule has 4 rings (SSSR count). The van der Waals surface area contributed by atoms with Crippen molar-refractivity contribution in [2.45, 2.75) is 32.9 Å². The van der Waals surface area contributed by atoms with Gasteiger partial charge in [0.2, 0.25) is 0 Å². The van der Waals surface area contributed by atoms with Crippen LogP contribution >= 0.6 is 11.6 Å². The Morgan fingerprint density at radius 2 is 1.73 bits per heavy atom.